The molecule has 1 fully saturated rings. The van der Waals surface area contributed by atoms with E-state index in [1.807, 2.05) is 26.8 Å². The summed E-state index contributed by atoms with van der Waals surface area (Å²) in [5.41, 5.74) is -0.534. The van der Waals surface area contributed by atoms with Gasteiger partial charge in [-0.15, -0.1) is 0 Å². The Bertz CT molecular complexity index is 606. The van der Waals surface area contributed by atoms with Crippen molar-refractivity contribution in [1.29, 1.82) is 5.26 Å². The van der Waals surface area contributed by atoms with Gasteiger partial charge in [-0.1, -0.05) is 19.9 Å². The summed E-state index contributed by atoms with van der Waals surface area (Å²) < 4.78 is 5.60. The smallest absolute Gasteiger partial charge is 0.251 e. The molecular formula is C17H22N2O3. The van der Waals surface area contributed by atoms with Crippen molar-refractivity contribution in [2.45, 2.75) is 38.9 Å². The molecule has 2 atom stereocenters. The second kappa shape index (κ2) is 6.07. The number of ether oxygens (including phenoxy) is 1. The van der Waals surface area contributed by atoms with E-state index in [2.05, 4.69) is 5.32 Å². The zero-order valence-corrected chi connectivity index (χ0v) is 13.2. The Morgan fingerprint density at radius 2 is 2.27 bits per heavy atom. The van der Waals surface area contributed by atoms with Crippen LogP contribution in [0.5, 0.6) is 0 Å². The van der Waals surface area contributed by atoms with E-state index in [4.69, 9.17) is 10.00 Å². The number of nitrogens with one attached hydrogen (secondary N) is 1. The third-order valence-corrected chi connectivity index (χ3v) is 4.69. The van der Waals surface area contributed by atoms with Gasteiger partial charge >= 0.3 is 0 Å². The molecule has 0 aromatic heterocycles. The fourth-order valence-electron chi connectivity index (χ4n) is 2.82. The number of nitriles is 1. The first-order valence-electron chi connectivity index (χ1n) is 7.46. The van der Waals surface area contributed by atoms with Gasteiger partial charge in [0.15, 0.2) is 0 Å². The monoisotopic (exact) mass is 302 g/mol. The summed E-state index contributed by atoms with van der Waals surface area (Å²) in [5.74, 6) is -0.291. The van der Waals surface area contributed by atoms with Gasteiger partial charge < -0.3 is 15.2 Å². The molecule has 5 nitrogen and oxygen atoms in total. The van der Waals surface area contributed by atoms with E-state index in [1.165, 1.54) is 6.07 Å². The van der Waals surface area contributed by atoms with Crippen molar-refractivity contribution in [3.8, 4) is 6.07 Å². The van der Waals surface area contributed by atoms with Gasteiger partial charge in [-0.25, -0.2) is 0 Å². The molecule has 1 amide bonds. The van der Waals surface area contributed by atoms with Crippen LogP contribution in [0.2, 0.25) is 0 Å². The molecule has 118 valence electrons. The molecule has 1 saturated carbocycles. The van der Waals surface area contributed by atoms with Gasteiger partial charge in [0, 0.05) is 30.6 Å². The Morgan fingerprint density at radius 3 is 2.86 bits per heavy atom. The largest absolute Gasteiger partial charge is 0.387 e. The normalized spacial score (nSPS) is 25.9. The maximum Gasteiger partial charge on any atom is 0.251 e. The zero-order valence-electron chi connectivity index (χ0n) is 13.2. The summed E-state index contributed by atoms with van der Waals surface area (Å²) >= 11 is 0. The van der Waals surface area contributed by atoms with E-state index in [9.17, 15) is 9.90 Å². The SMILES string of the molecule is CCOC1CC(O)(CNC(=O)c2cccc(C#N)c2)C1(C)C. The van der Waals surface area contributed by atoms with Gasteiger partial charge in [-0.3, -0.25) is 4.79 Å². The molecule has 0 spiro atoms. The number of carbonyl (C=O) groups is 1. The summed E-state index contributed by atoms with van der Waals surface area (Å²) in [6.07, 6.45) is 0.508. The van der Waals surface area contributed by atoms with Crippen LogP contribution in [0.25, 0.3) is 0 Å². The summed E-state index contributed by atoms with van der Waals surface area (Å²) in [5, 5.41) is 22.3. The number of aliphatic hydroxyl groups is 1. The van der Waals surface area contributed by atoms with E-state index in [1.54, 1.807) is 18.2 Å². The number of hydrogen-bond acceptors (Lipinski definition) is 4. The number of benzene rings is 1. The van der Waals surface area contributed by atoms with Gasteiger partial charge in [-0.05, 0) is 25.1 Å². The molecule has 2 rings (SSSR count). The molecule has 5 heteroatoms. The van der Waals surface area contributed by atoms with Crippen LogP contribution in [-0.2, 0) is 4.74 Å². The van der Waals surface area contributed by atoms with Crippen LogP contribution in [-0.4, -0.2) is 35.9 Å². The molecule has 2 N–H and O–H groups in total. The van der Waals surface area contributed by atoms with E-state index in [0.29, 0.717) is 24.2 Å². The highest BCUT2D eigenvalue weighted by atomic mass is 16.5. The molecule has 1 aromatic rings. The fraction of sp³-hybridized carbons (Fsp3) is 0.529. The molecule has 2 unspecified atom stereocenters. The number of nitrogens with zero attached hydrogens (tertiary/aromatic N) is 1. The molecular weight excluding hydrogens is 280 g/mol. The maximum absolute atomic E-state index is 12.2. The minimum Gasteiger partial charge on any atom is -0.387 e. The third-order valence-electron chi connectivity index (χ3n) is 4.69. The molecule has 0 bridgehead atoms. The summed E-state index contributed by atoms with van der Waals surface area (Å²) in [6.45, 7) is 6.59. The van der Waals surface area contributed by atoms with Crippen molar-refractivity contribution < 1.29 is 14.6 Å². The van der Waals surface area contributed by atoms with Gasteiger partial charge in [0.25, 0.3) is 5.91 Å². The molecule has 22 heavy (non-hydrogen) atoms. The van der Waals surface area contributed by atoms with Crippen molar-refractivity contribution in [2.24, 2.45) is 5.41 Å². The van der Waals surface area contributed by atoms with E-state index in [-0.39, 0.29) is 18.6 Å². The lowest BCUT2D eigenvalue weighted by atomic mass is 9.56. The highest BCUT2D eigenvalue weighted by Gasteiger charge is 2.59. The number of amides is 1. The molecule has 0 heterocycles. The highest BCUT2D eigenvalue weighted by molar-refractivity contribution is 5.94. The van der Waals surface area contributed by atoms with Crippen LogP contribution in [0.1, 0.15) is 43.1 Å². The average molecular weight is 302 g/mol. The van der Waals surface area contributed by atoms with Gasteiger partial charge in [0.1, 0.15) is 0 Å². The van der Waals surface area contributed by atoms with Crippen LogP contribution < -0.4 is 5.32 Å². The second-order valence-electron chi connectivity index (χ2n) is 6.28. The van der Waals surface area contributed by atoms with Gasteiger partial charge in [0.05, 0.1) is 23.3 Å². The van der Waals surface area contributed by atoms with E-state index >= 15 is 0 Å². The average Bonchev–Trinajstić information content (AvgIpc) is 2.52. The number of hydrogen-bond donors (Lipinski definition) is 2. The Morgan fingerprint density at radius 1 is 1.55 bits per heavy atom. The quantitative estimate of drug-likeness (QED) is 0.869. The summed E-state index contributed by atoms with van der Waals surface area (Å²) in [4.78, 5) is 12.2. The molecule has 0 saturated heterocycles. The highest BCUT2D eigenvalue weighted by Crippen LogP contribution is 2.50. The predicted octanol–water partition coefficient (Wildman–Crippen LogP) is 1.85. The minimum atomic E-state index is -0.977. The van der Waals surface area contributed by atoms with Crippen molar-refractivity contribution >= 4 is 5.91 Å². The predicted molar refractivity (Wildman–Crippen MR) is 82.3 cm³/mol. The standard InChI is InChI=1S/C17H22N2O3/c1-4-22-14-9-17(21,16(14,2)3)11-19-15(20)13-7-5-6-12(8-13)10-18/h5-8,14,21H,4,9,11H2,1-3H3,(H,19,20). The van der Waals surface area contributed by atoms with E-state index < -0.39 is 11.0 Å². The van der Waals surface area contributed by atoms with Gasteiger partial charge in [0.2, 0.25) is 0 Å². The number of rotatable bonds is 5. The van der Waals surface area contributed by atoms with Crippen molar-refractivity contribution in [3.63, 3.8) is 0 Å². The summed E-state index contributed by atoms with van der Waals surface area (Å²) in [6, 6.07) is 8.50. The zero-order chi connectivity index (χ0) is 16.4. The van der Waals surface area contributed by atoms with Crippen LogP contribution >= 0.6 is 0 Å². The first-order chi connectivity index (χ1) is 10.3. The molecule has 0 radical (unpaired) electrons. The molecule has 1 aliphatic carbocycles. The lowest BCUT2D eigenvalue weighted by Gasteiger charge is -2.57. The van der Waals surface area contributed by atoms with Gasteiger partial charge in [-0.2, -0.15) is 5.26 Å². The van der Waals surface area contributed by atoms with Crippen LogP contribution in [0.15, 0.2) is 24.3 Å². The topological polar surface area (TPSA) is 82.3 Å². The Balaban J connectivity index is 1.98. The van der Waals surface area contributed by atoms with Crippen molar-refractivity contribution in [2.75, 3.05) is 13.2 Å². The lowest BCUT2D eigenvalue weighted by Crippen LogP contribution is -2.68. The fourth-order valence-corrected chi connectivity index (χ4v) is 2.82. The molecule has 0 aliphatic heterocycles. The van der Waals surface area contributed by atoms with Crippen LogP contribution in [0.4, 0.5) is 0 Å². The molecule has 1 aliphatic rings. The Hall–Kier alpha value is -1.90. The summed E-state index contributed by atoms with van der Waals surface area (Å²) in [7, 11) is 0. The second-order valence-corrected chi connectivity index (χ2v) is 6.28. The van der Waals surface area contributed by atoms with Crippen molar-refractivity contribution in [3.05, 3.63) is 35.4 Å². The lowest BCUT2D eigenvalue weighted by molar-refractivity contribution is -0.237. The van der Waals surface area contributed by atoms with Crippen molar-refractivity contribution in [1.82, 2.24) is 5.32 Å². The first kappa shape index (κ1) is 16.5. The maximum atomic E-state index is 12.2. The Kier molecular flexibility index (Phi) is 4.55. The van der Waals surface area contributed by atoms with Crippen LogP contribution in [0, 0.1) is 16.7 Å². The third kappa shape index (κ3) is 2.85. The van der Waals surface area contributed by atoms with Crippen LogP contribution in [0.3, 0.4) is 0 Å². The van der Waals surface area contributed by atoms with E-state index in [0.717, 1.165) is 0 Å². The number of carbonyl (C=O) groups excluding carboxylic acids is 1. The molecule has 1 aromatic carbocycles. The first-order valence-corrected chi connectivity index (χ1v) is 7.46. The minimum absolute atomic E-state index is 0.00122. The Labute approximate surface area is 130 Å².